The molecule has 1 fully saturated rings. The Morgan fingerprint density at radius 1 is 1.03 bits per heavy atom. The van der Waals surface area contributed by atoms with E-state index >= 15 is 0 Å². The molecule has 0 radical (unpaired) electrons. The Bertz CT molecular complexity index is 1060. The number of benzene rings is 2. The van der Waals surface area contributed by atoms with Crippen LogP contribution in [0.4, 0.5) is 10.5 Å². The molecule has 2 aromatic rings. The average Bonchev–Trinajstić information content (AvgIpc) is 2.87. The summed E-state index contributed by atoms with van der Waals surface area (Å²) < 4.78 is 11.0. The van der Waals surface area contributed by atoms with Crippen molar-refractivity contribution in [3.8, 4) is 11.5 Å². The van der Waals surface area contributed by atoms with Crippen molar-refractivity contribution in [2.75, 3.05) is 52.3 Å². The number of methoxy groups -OCH3 is 2. The second-order valence-corrected chi connectivity index (χ2v) is 8.61. The summed E-state index contributed by atoms with van der Waals surface area (Å²) in [7, 11) is 4.72. The largest absolute Gasteiger partial charge is 0.493 e. The van der Waals surface area contributed by atoms with Crippen LogP contribution in [0.2, 0.25) is 0 Å². The first-order chi connectivity index (χ1) is 16.8. The number of carbonyl (C=O) groups excluding carboxylic acids is 2. The summed E-state index contributed by atoms with van der Waals surface area (Å²) in [5, 5.41) is 14.4. The van der Waals surface area contributed by atoms with E-state index in [-0.39, 0.29) is 18.0 Å². The van der Waals surface area contributed by atoms with Gasteiger partial charge in [0.15, 0.2) is 11.5 Å². The maximum atomic E-state index is 11.8. The molecule has 3 amide bonds. The zero-order valence-corrected chi connectivity index (χ0v) is 21.1. The second kappa shape index (κ2) is 11.6. The molecule has 0 aliphatic carbocycles. The standard InChI is InChI=1S/C26H35N5O4/c1-17(29-26(33)28-3)14-20-15-23(34-4)24(35-5)16-22(20)25(27)19-6-8-21(9-7-19)31-12-10-30(11-13-31)18(2)32/h6-9,15-17,27H,10-14H2,1-5H3,(H2,28,29,33). The highest BCUT2D eigenvalue weighted by Gasteiger charge is 2.21. The van der Waals surface area contributed by atoms with E-state index in [0.717, 1.165) is 35.5 Å². The Morgan fingerprint density at radius 2 is 1.63 bits per heavy atom. The number of hydrogen-bond donors (Lipinski definition) is 3. The van der Waals surface area contributed by atoms with Crippen LogP contribution in [-0.4, -0.2) is 76.0 Å². The lowest BCUT2D eigenvalue weighted by Crippen LogP contribution is -2.48. The number of nitrogens with one attached hydrogen (secondary N) is 3. The summed E-state index contributed by atoms with van der Waals surface area (Å²) in [6, 6.07) is 11.2. The number of ether oxygens (including phenoxy) is 2. The molecule has 0 aromatic heterocycles. The monoisotopic (exact) mass is 481 g/mol. The molecule has 1 aliphatic heterocycles. The van der Waals surface area contributed by atoms with Crippen LogP contribution in [0, 0.1) is 5.41 Å². The van der Waals surface area contributed by atoms with E-state index in [2.05, 4.69) is 15.5 Å². The van der Waals surface area contributed by atoms with Crippen LogP contribution in [0.3, 0.4) is 0 Å². The molecule has 1 atom stereocenters. The Hall–Kier alpha value is -3.75. The lowest BCUT2D eigenvalue weighted by atomic mass is 9.93. The van der Waals surface area contributed by atoms with Crippen molar-refractivity contribution in [2.24, 2.45) is 0 Å². The minimum absolute atomic E-state index is 0.110. The molecular formula is C26H35N5O4. The predicted molar refractivity (Wildman–Crippen MR) is 137 cm³/mol. The summed E-state index contributed by atoms with van der Waals surface area (Å²) in [6.45, 7) is 6.51. The van der Waals surface area contributed by atoms with E-state index in [9.17, 15) is 9.59 Å². The van der Waals surface area contributed by atoms with Crippen molar-refractivity contribution in [2.45, 2.75) is 26.3 Å². The van der Waals surface area contributed by atoms with Gasteiger partial charge < -0.3 is 29.9 Å². The van der Waals surface area contributed by atoms with E-state index in [1.807, 2.05) is 48.2 Å². The highest BCUT2D eigenvalue weighted by atomic mass is 16.5. The molecule has 9 nitrogen and oxygen atoms in total. The average molecular weight is 482 g/mol. The van der Waals surface area contributed by atoms with Crippen LogP contribution in [0.25, 0.3) is 0 Å². The SMILES string of the molecule is CNC(=O)NC(C)Cc1cc(OC)c(OC)cc1C(=N)c1ccc(N2CCN(C(C)=O)CC2)cc1. The van der Waals surface area contributed by atoms with Gasteiger partial charge in [-0.25, -0.2) is 4.79 Å². The van der Waals surface area contributed by atoms with E-state index in [0.29, 0.717) is 36.7 Å². The van der Waals surface area contributed by atoms with Gasteiger partial charge in [-0.1, -0.05) is 12.1 Å². The first-order valence-corrected chi connectivity index (χ1v) is 11.7. The van der Waals surface area contributed by atoms with Crippen molar-refractivity contribution >= 4 is 23.3 Å². The van der Waals surface area contributed by atoms with Gasteiger partial charge in [0.1, 0.15) is 0 Å². The van der Waals surface area contributed by atoms with Crippen molar-refractivity contribution in [1.29, 1.82) is 5.41 Å². The van der Waals surface area contributed by atoms with Gasteiger partial charge in [-0.2, -0.15) is 0 Å². The molecule has 1 aliphatic rings. The molecular weight excluding hydrogens is 446 g/mol. The van der Waals surface area contributed by atoms with E-state index < -0.39 is 0 Å². The number of amides is 3. The highest BCUT2D eigenvalue weighted by molar-refractivity contribution is 6.12. The van der Waals surface area contributed by atoms with Gasteiger partial charge in [0.25, 0.3) is 0 Å². The Morgan fingerprint density at radius 3 is 2.17 bits per heavy atom. The summed E-state index contributed by atoms with van der Waals surface area (Å²) in [5.74, 6) is 1.23. The maximum absolute atomic E-state index is 11.8. The lowest BCUT2D eigenvalue weighted by Gasteiger charge is -2.35. The van der Waals surface area contributed by atoms with Gasteiger partial charge in [0, 0.05) is 63.0 Å². The quantitative estimate of drug-likeness (QED) is 0.503. The highest BCUT2D eigenvalue weighted by Crippen LogP contribution is 2.32. The van der Waals surface area contributed by atoms with Crippen molar-refractivity contribution < 1.29 is 19.1 Å². The molecule has 1 unspecified atom stereocenters. The molecule has 188 valence electrons. The number of anilines is 1. The first-order valence-electron chi connectivity index (χ1n) is 11.7. The van der Waals surface area contributed by atoms with E-state index in [1.165, 1.54) is 0 Å². The van der Waals surface area contributed by atoms with Gasteiger partial charge in [-0.05, 0) is 43.2 Å². The normalized spacial score (nSPS) is 14.2. The third kappa shape index (κ3) is 6.23. The molecule has 9 heteroatoms. The fourth-order valence-corrected chi connectivity index (χ4v) is 4.27. The van der Waals surface area contributed by atoms with Gasteiger partial charge in [-0.3, -0.25) is 10.2 Å². The second-order valence-electron chi connectivity index (χ2n) is 8.61. The van der Waals surface area contributed by atoms with Gasteiger partial charge >= 0.3 is 6.03 Å². The van der Waals surface area contributed by atoms with Crippen LogP contribution in [-0.2, 0) is 11.2 Å². The van der Waals surface area contributed by atoms with Crippen LogP contribution in [0.5, 0.6) is 11.5 Å². The molecule has 0 saturated carbocycles. The number of piperazine rings is 1. The summed E-state index contributed by atoms with van der Waals surface area (Å²) >= 11 is 0. The minimum atomic E-state index is -0.255. The van der Waals surface area contributed by atoms with Gasteiger partial charge in [0.2, 0.25) is 5.91 Å². The fourth-order valence-electron chi connectivity index (χ4n) is 4.27. The zero-order chi connectivity index (χ0) is 25.5. The van der Waals surface area contributed by atoms with Crippen molar-refractivity contribution in [3.05, 3.63) is 53.1 Å². The first kappa shape index (κ1) is 25.9. The lowest BCUT2D eigenvalue weighted by molar-refractivity contribution is -0.129. The molecule has 1 heterocycles. The van der Waals surface area contributed by atoms with E-state index in [4.69, 9.17) is 14.9 Å². The topological polar surface area (TPSA) is 107 Å². The van der Waals surface area contributed by atoms with Crippen molar-refractivity contribution in [1.82, 2.24) is 15.5 Å². The van der Waals surface area contributed by atoms with Crippen LogP contribution < -0.4 is 25.0 Å². The molecule has 0 spiro atoms. The van der Waals surface area contributed by atoms with Gasteiger partial charge in [0.05, 0.1) is 19.9 Å². The predicted octanol–water partition coefficient (Wildman–Crippen LogP) is 2.65. The maximum Gasteiger partial charge on any atom is 0.314 e. The van der Waals surface area contributed by atoms with Crippen molar-refractivity contribution in [3.63, 3.8) is 0 Å². The molecule has 35 heavy (non-hydrogen) atoms. The number of rotatable bonds is 8. The van der Waals surface area contributed by atoms with Crippen LogP contribution in [0.15, 0.2) is 36.4 Å². The minimum Gasteiger partial charge on any atom is -0.493 e. The molecule has 3 N–H and O–H groups in total. The molecule has 1 saturated heterocycles. The van der Waals surface area contributed by atoms with Crippen LogP contribution >= 0.6 is 0 Å². The molecule has 2 aromatic carbocycles. The summed E-state index contributed by atoms with van der Waals surface area (Å²) in [6.07, 6.45) is 0.518. The smallest absolute Gasteiger partial charge is 0.314 e. The Kier molecular flexibility index (Phi) is 8.57. The Labute approximate surface area is 206 Å². The Balaban J connectivity index is 1.84. The third-order valence-corrected chi connectivity index (χ3v) is 6.26. The fraction of sp³-hybridized carbons (Fsp3) is 0.423. The van der Waals surface area contributed by atoms with Crippen LogP contribution in [0.1, 0.15) is 30.5 Å². The van der Waals surface area contributed by atoms with Gasteiger partial charge in [-0.15, -0.1) is 0 Å². The summed E-state index contributed by atoms with van der Waals surface area (Å²) in [4.78, 5) is 27.5. The molecule has 3 rings (SSSR count). The number of nitrogens with zero attached hydrogens (tertiary/aromatic N) is 2. The molecule has 0 bridgehead atoms. The number of carbonyl (C=O) groups is 2. The zero-order valence-electron chi connectivity index (χ0n) is 21.1. The third-order valence-electron chi connectivity index (χ3n) is 6.26. The number of urea groups is 1. The number of hydrogen-bond acceptors (Lipinski definition) is 6. The van der Waals surface area contributed by atoms with E-state index in [1.54, 1.807) is 28.2 Å². The summed E-state index contributed by atoms with van der Waals surface area (Å²) in [5.41, 5.74) is 3.80.